The molecule has 0 saturated carbocycles. The molecule has 2 amide bonds. The van der Waals surface area contributed by atoms with Crippen LogP contribution < -0.4 is 4.90 Å². The molecule has 2 aromatic rings. The maximum Gasteiger partial charge on any atom is 0.344 e. The van der Waals surface area contributed by atoms with E-state index in [1.54, 1.807) is 6.07 Å². The largest absolute Gasteiger partial charge is 0.466 e. The van der Waals surface area contributed by atoms with Gasteiger partial charge >= 0.3 is 11.9 Å². The van der Waals surface area contributed by atoms with Crippen molar-refractivity contribution in [2.45, 2.75) is 13.8 Å². The van der Waals surface area contributed by atoms with E-state index in [0.717, 1.165) is 16.0 Å². The first-order valence-electron chi connectivity index (χ1n) is 8.17. The van der Waals surface area contributed by atoms with Gasteiger partial charge in [-0.15, -0.1) is 0 Å². The second-order valence-corrected chi connectivity index (χ2v) is 6.15. The number of fused-ring (bicyclic) bond motifs is 1. The highest BCUT2D eigenvalue weighted by Crippen LogP contribution is 2.31. The monoisotopic (exact) mass is 367 g/mol. The van der Waals surface area contributed by atoms with Crippen LogP contribution in [0.3, 0.4) is 0 Å². The average Bonchev–Trinajstić information content (AvgIpc) is 2.91. The summed E-state index contributed by atoms with van der Waals surface area (Å²) in [5.74, 6) is -2.44. The summed E-state index contributed by atoms with van der Waals surface area (Å²) < 4.78 is 9.23. The van der Waals surface area contributed by atoms with Crippen molar-refractivity contribution in [1.82, 2.24) is 0 Å². The van der Waals surface area contributed by atoms with E-state index >= 15 is 0 Å². The van der Waals surface area contributed by atoms with Crippen LogP contribution in [0.2, 0.25) is 0 Å². The molecule has 7 heteroatoms. The molecule has 0 fully saturated rings. The zero-order valence-corrected chi connectivity index (χ0v) is 15.1. The Bertz CT molecular complexity index is 978. The summed E-state index contributed by atoms with van der Waals surface area (Å²) in [5, 5.41) is 0. The molecule has 27 heavy (non-hydrogen) atoms. The first kappa shape index (κ1) is 18.3. The number of carbonyl (C=O) groups excluding carboxylic acids is 4. The number of ether oxygens (including phenoxy) is 2. The third-order valence-electron chi connectivity index (χ3n) is 4.28. The third kappa shape index (κ3) is 3.31. The summed E-state index contributed by atoms with van der Waals surface area (Å²) in [5.41, 5.74) is 2.61. The van der Waals surface area contributed by atoms with E-state index in [1.165, 1.54) is 25.3 Å². The zero-order chi connectivity index (χ0) is 19.7. The van der Waals surface area contributed by atoms with Crippen molar-refractivity contribution in [2.75, 3.05) is 18.6 Å². The van der Waals surface area contributed by atoms with Crippen LogP contribution in [0.25, 0.3) is 0 Å². The van der Waals surface area contributed by atoms with Crippen molar-refractivity contribution in [3.05, 3.63) is 64.2 Å². The molecule has 0 bridgehead atoms. The van der Waals surface area contributed by atoms with Gasteiger partial charge in [0.1, 0.15) is 0 Å². The van der Waals surface area contributed by atoms with Gasteiger partial charge in [-0.1, -0.05) is 12.1 Å². The topological polar surface area (TPSA) is 90.0 Å². The van der Waals surface area contributed by atoms with Crippen LogP contribution in [0.4, 0.5) is 5.69 Å². The predicted octanol–water partition coefficient (Wildman–Crippen LogP) is 2.43. The number of imide groups is 1. The van der Waals surface area contributed by atoms with E-state index in [2.05, 4.69) is 4.74 Å². The lowest BCUT2D eigenvalue weighted by molar-refractivity contribution is -0.144. The van der Waals surface area contributed by atoms with E-state index in [-0.39, 0.29) is 16.7 Å². The number of amides is 2. The third-order valence-corrected chi connectivity index (χ3v) is 4.28. The van der Waals surface area contributed by atoms with E-state index < -0.39 is 30.4 Å². The molecule has 0 spiro atoms. The van der Waals surface area contributed by atoms with E-state index in [4.69, 9.17) is 4.74 Å². The second kappa shape index (κ2) is 7.03. The van der Waals surface area contributed by atoms with Gasteiger partial charge in [0.05, 0.1) is 29.5 Å². The van der Waals surface area contributed by atoms with Crippen LogP contribution in [-0.2, 0) is 14.3 Å². The van der Waals surface area contributed by atoms with Crippen molar-refractivity contribution in [2.24, 2.45) is 0 Å². The van der Waals surface area contributed by atoms with E-state index in [1.807, 2.05) is 26.0 Å². The lowest BCUT2D eigenvalue weighted by Gasteiger charge is -2.17. The summed E-state index contributed by atoms with van der Waals surface area (Å²) in [6, 6.07) is 9.60. The molecule has 1 aliphatic heterocycles. The highest BCUT2D eigenvalue weighted by Gasteiger charge is 2.38. The van der Waals surface area contributed by atoms with Gasteiger partial charge in [0.25, 0.3) is 11.8 Å². The van der Waals surface area contributed by atoms with Gasteiger partial charge in [-0.2, -0.15) is 0 Å². The molecule has 0 unspecified atom stereocenters. The fraction of sp³-hybridized carbons (Fsp3) is 0.200. The number of rotatable bonds is 4. The molecule has 0 atom stereocenters. The van der Waals surface area contributed by atoms with Gasteiger partial charge in [-0.25, -0.2) is 14.5 Å². The summed E-state index contributed by atoms with van der Waals surface area (Å²) in [6.07, 6.45) is 0. The van der Waals surface area contributed by atoms with Crippen LogP contribution in [0.15, 0.2) is 36.4 Å². The van der Waals surface area contributed by atoms with Gasteiger partial charge < -0.3 is 9.47 Å². The molecule has 0 radical (unpaired) electrons. The Kier molecular flexibility index (Phi) is 4.77. The normalized spacial score (nSPS) is 12.8. The number of methoxy groups -OCH3 is 1. The Balaban J connectivity index is 1.92. The number of hydrogen-bond donors (Lipinski definition) is 0. The summed E-state index contributed by atoms with van der Waals surface area (Å²) >= 11 is 0. The lowest BCUT2D eigenvalue weighted by Crippen LogP contribution is -2.30. The zero-order valence-electron chi connectivity index (χ0n) is 15.1. The molecule has 0 saturated heterocycles. The summed E-state index contributed by atoms with van der Waals surface area (Å²) in [7, 11) is 1.18. The number of aryl methyl sites for hydroxylation is 2. The quantitative estimate of drug-likeness (QED) is 0.609. The molecular formula is C20H17NO6. The molecule has 0 N–H and O–H groups in total. The fourth-order valence-corrected chi connectivity index (χ4v) is 2.81. The Morgan fingerprint density at radius 2 is 1.67 bits per heavy atom. The number of esters is 2. The first-order chi connectivity index (χ1) is 12.8. The fourth-order valence-electron chi connectivity index (χ4n) is 2.81. The maximum atomic E-state index is 12.8. The van der Waals surface area contributed by atoms with Crippen molar-refractivity contribution in [3.8, 4) is 0 Å². The van der Waals surface area contributed by atoms with Gasteiger partial charge in [-0.3, -0.25) is 9.59 Å². The molecule has 0 aliphatic carbocycles. The smallest absolute Gasteiger partial charge is 0.344 e. The highest BCUT2D eigenvalue weighted by molar-refractivity contribution is 6.35. The Morgan fingerprint density at radius 3 is 2.37 bits per heavy atom. The Morgan fingerprint density at radius 1 is 0.963 bits per heavy atom. The van der Waals surface area contributed by atoms with Crippen molar-refractivity contribution in [3.63, 3.8) is 0 Å². The number of carbonyl (C=O) groups is 4. The van der Waals surface area contributed by atoms with E-state index in [9.17, 15) is 19.2 Å². The minimum absolute atomic E-state index is 0.0709. The molecule has 1 heterocycles. The Labute approximate surface area is 155 Å². The van der Waals surface area contributed by atoms with Gasteiger partial charge in [0.15, 0.2) is 6.61 Å². The molecule has 7 nitrogen and oxygen atoms in total. The molecule has 0 aromatic heterocycles. The number of nitrogens with zero attached hydrogens (tertiary/aromatic N) is 1. The summed E-state index contributed by atoms with van der Waals surface area (Å²) in [4.78, 5) is 49.8. The number of benzene rings is 2. The predicted molar refractivity (Wildman–Crippen MR) is 95.8 cm³/mol. The van der Waals surface area contributed by atoms with Crippen LogP contribution in [0.1, 0.15) is 42.2 Å². The standard InChI is InChI=1S/C20H17NO6/c1-11-4-5-12(2)16(8-11)21-18(23)14-7-6-13(9-15(14)19(21)24)20(25)27-10-17(22)26-3/h4-9H,10H2,1-3H3. The van der Waals surface area contributed by atoms with Gasteiger partial charge in [-0.05, 0) is 49.2 Å². The van der Waals surface area contributed by atoms with Crippen molar-refractivity contribution < 1.29 is 28.7 Å². The minimum Gasteiger partial charge on any atom is -0.466 e. The molecule has 138 valence electrons. The lowest BCUT2D eigenvalue weighted by atomic mass is 10.1. The van der Waals surface area contributed by atoms with E-state index in [0.29, 0.717) is 5.69 Å². The highest BCUT2D eigenvalue weighted by atomic mass is 16.6. The molecule has 2 aromatic carbocycles. The van der Waals surface area contributed by atoms with Crippen LogP contribution in [-0.4, -0.2) is 37.5 Å². The maximum absolute atomic E-state index is 12.8. The first-order valence-corrected chi connectivity index (χ1v) is 8.17. The van der Waals surface area contributed by atoms with Crippen LogP contribution in [0, 0.1) is 13.8 Å². The van der Waals surface area contributed by atoms with Crippen LogP contribution in [0.5, 0.6) is 0 Å². The minimum atomic E-state index is -0.784. The van der Waals surface area contributed by atoms with Gasteiger partial charge in [0, 0.05) is 0 Å². The van der Waals surface area contributed by atoms with Gasteiger partial charge in [0.2, 0.25) is 0 Å². The molecule has 1 aliphatic rings. The van der Waals surface area contributed by atoms with Crippen LogP contribution >= 0.6 is 0 Å². The van der Waals surface area contributed by atoms with Crippen molar-refractivity contribution >= 4 is 29.4 Å². The number of anilines is 1. The number of hydrogen-bond acceptors (Lipinski definition) is 6. The second-order valence-electron chi connectivity index (χ2n) is 6.15. The molecule has 3 rings (SSSR count). The molecular weight excluding hydrogens is 350 g/mol. The van der Waals surface area contributed by atoms with Crippen molar-refractivity contribution in [1.29, 1.82) is 0 Å². The SMILES string of the molecule is COC(=O)COC(=O)c1ccc2c(c1)C(=O)N(c1cc(C)ccc1C)C2=O. The Hall–Kier alpha value is -3.48. The summed E-state index contributed by atoms with van der Waals surface area (Å²) in [6.45, 7) is 3.15. The average molecular weight is 367 g/mol.